The minimum Gasteiger partial charge on any atom is -0.125 e. The van der Waals surface area contributed by atoms with Gasteiger partial charge in [0.25, 0.3) is 0 Å². The van der Waals surface area contributed by atoms with E-state index in [-0.39, 0.29) is 4.87 Å². The van der Waals surface area contributed by atoms with Crippen molar-refractivity contribution in [2.24, 2.45) is 0 Å². The molecule has 0 heterocycles. The molecule has 0 fully saturated rings. The third-order valence-electron chi connectivity index (χ3n) is 1.05. The second-order valence-electron chi connectivity index (χ2n) is 2.30. The van der Waals surface area contributed by atoms with Gasteiger partial charge in [0.1, 0.15) is 0 Å². The lowest BCUT2D eigenvalue weighted by Crippen LogP contribution is -2.17. The summed E-state index contributed by atoms with van der Waals surface area (Å²) in [5, 5.41) is 0. The number of hydrogen-bond acceptors (Lipinski definition) is 0. The lowest BCUT2D eigenvalue weighted by Gasteiger charge is -2.16. The van der Waals surface area contributed by atoms with Crippen LogP contribution in [0.3, 0.4) is 0 Å². The Labute approximate surface area is 61.2 Å². The smallest absolute Gasteiger partial charge is 0.0553 e. The van der Waals surface area contributed by atoms with Crippen molar-refractivity contribution in [3.63, 3.8) is 0 Å². The van der Waals surface area contributed by atoms with E-state index in [9.17, 15) is 0 Å². The van der Waals surface area contributed by atoms with Crippen LogP contribution in [-0.2, 0) is 0 Å². The molecule has 8 heavy (non-hydrogen) atoms. The number of rotatable bonds is 3. The molecule has 0 spiro atoms. The molecule has 0 amide bonds. The van der Waals surface area contributed by atoms with E-state index < -0.39 is 0 Å². The maximum atomic E-state index is 5.89. The number of alkyl halides is 2. The average Bonchev–Trinajstić information content (AvgIpc) is 1.67. The van der Waals surface area contributed by atoms with Gasteiger partial charge in [-0.05, 0) is 13.3 Å². The van der Waals surface area contributed by atoms with Gasteiger partial charge in [-0.1, -0.05) is 13.3 Å². The van der Waals surface area contributed by atoms with Crippen LogP contribution in [0.1, 0.15) is 26.7 Å². The lowest BCUT2D eigenvalue weighted by molar-refractivity contribution is 0.621. The first-order chi connectivity index (χ1) is 3.62. The summed E-state index contributed by atoms with van der Waals surface area (Å²) in [7, 11) is 0. The fourth-order valence-electron chi connectivity index (χ4n) is 0.588. The van der Waals surface area contributed by atoms with Crippen molar-refractivity contribution < 1.29 is 0 Å². The van der Waals surface area contributed by atoms with E-state index in [4.69, 9.17) is 23.2 Å². The molecule has 1 unspecified atom stereocenters. The molecule has 2 heteroatoms. The third-order valence-corrected chi connectivity index (χ3v) is 2.10. The summed E-state index contributed by atoms with van der Waals surface area (Å²) < 4.78 is 0. The van der Waals surface area contributed by atoms with Gasteiger partial charge in [0.15, 0.2) is 0 Å². The molecule has 1 atom stereocenters. The molecular weight excluding hydrogens is 143 g/mol. The highest BCUT2D eigenvalue weighted by molar-refractivity contribution is 6.30. The van der Waals surface area contributed by atoms with Gasteiger partial charge < -0.3 is 0 Å². The van der Waals surface area contributed by atoms with E-state index in [1.165, 1.54) is 0 Å². The van der Waals surface area contributed by atoms with E-state index in [1.807, 2.05) is 6.92 Å². The Hall–Kier alpha value is 0.580. The minimum absolute atomic E-state index is 0.170. The molecule has 0 saturated carbocycles. The monoisotopic (exact) mass is 154 g/mol. The molecule has 0 aliphatic carbocycles. The summed E-state index contributed by atoms with van der Waals surface area (Å²) in [5.74, 6) is 0.544. The van der Waals surface area contributed by atoms with Crippen LogP contribution in [-0.4, -0.2) is 10.8 Å². The second kappa shape index (κ2) is 3.58. The van der Waals surface area contributed by atoms with Crippen molar-refractivity contribution in [1.82, 2.24) is 0 Å². The van der Waals surface area contributed by atoms with E-state index in [0.717, 1.165) is 12.8 Å². The zero-order chi connectivity index (χ0) is 6.62. The highest BCUT2D eigenvalue weighted by Crippen LogP contribution is 2.21. The number of halogens is 2. The maximum absolute atomic E-state index is 5.89. The second-order valence-corrected chi connectivity index (χ2v) is 3.48. The molecule has 0 aliphatic heterocycles. The number of hydrogen-bond donors (Lipinski definition) is 0. The van der Waals surface area contributed by atoms with Crippen molar-refractivity contribution in [2.75, 3.05) is 5.88 Å². The fraction of sp³-hybridized carbons (Fsp3) is 1.00. The van der Waals surface area contributed by atoms with Crippen LogP contribution < -0.4 is 0 Å². The maximum Gasteiger partial charge on any atom is 0.0553 e. The van der Waals surface area contributed by atoms with Crippen molar-refractivity contribution >= 4 is 23.2 Å². The molecule has 0 N–H and O–H groups in total. The first-order valence-electron chi connectivity index (χ1n) is 2.87. The van der Waals surface area contributed by atoms with Crippen LogP contribution in [0, 0.1) is 0 Å². The quantitative estimate of drug-likeness (QED) is 0.549. The Morgan fingerprint density at radius 3 is 2.12 bits per heavy atom. The highest BCUT2D eigenvalue weighted by Gasteiger charge is 2.16. The normalized spacial score (nSPS) is 18.0. The molecular formula is C6H12Cl2. The van der Waals surface area contributed by atoms with Crippen LogP contribution in [0.5, 0.6) is 0 Å². The molecule has 0 aromatic rings. The Bertz CT molecular complexity index is 59.5. The summed E-state index contributed by atoms with van der Waals surface area (Å²) in [6, 6.07) is 0. The van der Waals surface area contributed by atoms with E-state index in [2.05, 4.69) is 6.92 Å². The summed E-state index contributed by atoms with van der Waals surface area (Å²) >= 11 is 11.4. The van der Waals surface area contributed by atoms with Gasteiger partial charge in [0.05, 0.1) is 4.87 Å². The fourth-order valence-corrected chi connectivity index (χ4v) is 0.911. The van der Waals surface area contributed by atoms with Gasteiger partial charge in [-0.3, -0.25) is 0 Å². The Morgan fingerprint density at radius 2 is 2.00 bits per heavy atom. The van der Waals surface area contributed by atoms with Gasteiger partial charge in [-0.25, -0.2) is 0 Å². The highest BCUT2D eigenvalue weighted by atomic mass is 35.5. The molecule has 0 nitrogen and oxygen atoms in total. The Balaban J connectivity index is 3.37. The van der Waals surface area contributed by atoms with Crippen molar-refractivity contribution in [3.8, 4) is 0 Å². The zero-order valence-electron chi connectivity index (χ0n) is 5.38. The van der Waals surface area contributed by atoms with Crippen LogP contribution >= 0.6 is 23.2 Å². The summed E-state index contributed by atoms with van der Waals surface area (Å²) in [5.41, 5.74) is 0. The SMILES string of the molecule is CCCC(C)(Cl)CCl. The third kappa shape index (κ3) is 3.57. The van der Waals surface area contributed by atoms with Crippen LogP contribution in [0.4, 0.5) is 0 Å². The molecule has 0 bridgehead atoms. The molecule has 0 aromatic heterocycles. The van der Waals surface area contributed by atoms with E-state index >= 15 is 0 Å². The Morgan fingerprint density at radius 1 is 1.50 bits per heavy atom. The molecule has 50 valence electrons. The summed E-state index contributed by atoms with van der Waals surface area (Å²) in [6.07, 6.45) is 2.10. The van der Waals surface area contributed by atoms with Crippen LogP contribution in [0.15, 0.2) is 0 Å². The van der Waals surface area contributed by atoms with Crippen molar-refractivity contribution in [1.29, 1.82) is 0 Å². The van der Waals surface area contributed by atoms with Gasteiger partial charge in [0.2, 0.25) is 0 Å². The minimum atomic E-state index is -0.170. The summed E-state index contributed by atoms with van der Waals surface area (Å²) in [6.45, 7) is 4.07. The van der Waals surface area contributed by atoms with Gasteiger partial charge in [-0.15, -0.1) is 23.2 Å². The van der Waals surface area contributed by atoms with Crippen molar-refractivity contribution in [3.05, 3.63) is 0 Å². The molecule has 0 aromatic carbocycles. The predicted octanol–water partition coefficient (Wildman–Crippen LogP) is 3.02. The zero-order valence-corrected chi connectivity index (χ0v) is 6.89. The molecule has 0 saturated heterocycles. The molecule has 0 aliphatic rings. The van der Waals surface area contributed by atoms with Gasteiger partial charge >= 0.3 is 0 Å². The van der Waals surface area contributed by atoms with Gasteiger partial charge in [-0.2, -0.15) is 0 Å². The van der Waals surface area contributed by atoms with Crippen molar-refractivity contribution in [2.45, 2.75) is 31.6 Å². The van der Waals surface area contributed by atoms with E-state index in [1.54, 1.807) is 0 Å². The first-order valence-corrected chi connectivity index (χ1v) is 3.78. The lowest BCUT2D eigenvalue weighted by atomic mass is 10.1. The van der Waals surface area contributed by atoms with Gasteiger partial charge in [0, 0.05) is 5.88 Å². The largest absolute Gasteiger partial charge is 0.125 e. The average molecular weight is 155 g/mol. The summed E-state index contributed by atoms with van der Waals surface area (Å²) in [4.78, 5) is -0.170. The van der Waals surface area contributed by atoms with Crippen LogP contribution in [0.25, 0.3) is 0 Å². The van der Waals surface area contributed by atoms with E-state index in [0.29, 0.717) is 5.88 Å². The molecule has 0 radical (unpaired) electrons. The Kier molecular flexibility index (Phi) is 3.84. The first kappa shape index (κ1) is 8.58. The predicted molar refractivity (Wildman–Crippen MR) is 39.9 cm³/mol. The topological polar surface area (TPSA) is 0 Å². The van der Waals surface area contributed by atoms with Crippen LogP contribution in [0.2, 0.25) is 0 Å². The molecule has 0 rings (SSSR count). The standard InChI is InChI=1S/C6H12Cl2/c1-3-4-6(2,8)5-7/h3-5H2,1-2H3.